The zero-order valence-electron chi connectivity index (χ0n) is 13.9. The van der Waals surface area contributed by atoms with Crippen molar-refractivity contribution in [2.75, 3.05) is 19.8 Å². The molecular formula is C18H24N4OS. The zero-order valence-corrected chi connectivity index (χ0v) is 14.7. The quantitative estimate of drug-likeness (QED) is 0.545. The Morgan fingerprint density at radius 2 is 2.33 bits per heavy atom. The molecule has 1 aliphatic carbocycles. The van der Waals surface area contributed by atoms with Gasteiger partial charge in [0.05, 0.1) is 18.9 Å². The first-order valence-electron chi connectivity index (χ1n) is 8.68. The molecule has 0 N–H and O–H groups in total. The zero-order chi connectivity index (χ0) is 16.4. The molecule has 1 atom stereocenters. The van der Waals surface area contributed by atoms with Crippen molar-refractivity contribution in [2.45, 2.75) is 38.4 Å². The lowest BCUT2D eigenvalue weighted by atomic mass is 9.98. The van der Waals surface area contributed by atoms with E-state index in [9.17, 15) is 0 Å². The largest absolute Gasteiger partial charge is 0.377 e. The monoisotopic (exact) mass is 344 g/mol. The van der Waals surface area contributed by atoms with Gasteiger partial charge in [0, 0.05) is 32.1 Å². The molecule has 2 aliphatic rings. The summed E-state index contributed by atoms with van der Waals surface area (Å²) in [6.45, 7) is 8.91. The minimum Gasteiger partial charge on any atom is -0.377 e. The van der Waals surface area contributed by atoms with Crippen LogP contribution in [0, 0.1) is 5.92 Å². The molecule has 2 aromatic heterocycles. The second-order valence-electron chi connectivity index (χ2n) is 6.87. The van der Waals surface area contributed by atoms with Gasteiger partial charge in [0.25, 0.3) is 0 Å². The highest BCUT2D eigenvalue weighted by Gasteiger charge is 2.33. The molecular weight excluding hydrogens is 320 g/mol. The van der Waals surface area contributed by atoms with E-state index in [0.717, 1.165) is 37.8 Å². The number of rotatable bonds is 8. The summed E-state index contributed by atoms with van der Waals surface area (Å²) in [4.78, 5) is 2.46. The van der Waals surface area contributed by atoms with Gasteiger partial charge in [-0.15, -0.1) is 11.7 Å². The van der Waals surface area contributed by atoms with Crippen molar-refractivity contribution in [1.29, 1.82) is 0 Å². The summed E-state index contributed by atoms with van der Waals surface area (Å²) in [5.41, 5.74) is 3.80. The predicted octanol–water partition coefficient (Wildman–Crippen LogP) is 3.05. The number of nitrogens with zero attached hydrogens (tertiary/aromatic N) is 4. The van der Waals surface area contributed by atoms with E-state index < -0.39 is 0 Å². The number of aromatic nitrogens is 3. The lowest BCUT2D eigenvalue weighted by Crippen LogP contribution is -2.36. The van der Waals surface area contributed by atoms with E-state index in [4.69, 9.17) is 4.74 Å². The fraction of sp³-hybridized carbons (Fsp3) is 0.556. The maximum atomic E-state index is 5.80. The second-order valence-corrected chi connectivity index (χ2v) is 7.65. The van der Waals surface area contributed by atoms with Crippen LogP contribution in [0.3, 0.4) is 0 Å². The smallest absolute Gasteiger partial charge is 0.100 e. The number of fused-ring (bicyclic) bond motifs is 1. The Morgan fingerprint density at radius 3 is 3.08 bits per heavy atom. The minimum atomic E-state index is 0.334. The molecule has 0 aromatic carbocycles. The van der Waals surface area contributed by atoms with E-state index in [1.165, 1.54) is 24.1 Å². The predicted molar refractivity (Wildman–Crippen MR) is 94.9 cm³/mol. The van der Waals surface area contributed by atoms with E-state index >= 15 is 0 Å². The Bertz CT molecular complexity index is 677. The summed E-state index contributed by atoms with van der Waals surface area (Å²) in [6.07, 6.45) is 4.47. The van der Waals surface area contributed by atoms with Gasteiger partial charge >= 0.3 is 0 Å². The van der Waals surface area contributed by atoms with Gasteiger partial charge in [-0.25, -0.2) is 4.68 Å². The first-order chi connectivity index (χ1) is 11.8. The van der Waals surface area contributed by atoms with E-state index in [0.29, 0.717) is 19.1 Å². The van der Waals surface area contributed by atoms with Crippen molar-refractivity contribution < 1.29 is 4.74 Å². The molecule has 128 valence electrons. The first kappa shape index (κ1) is 16.0. The van der Waals surface area contributed by atoms with E-state index in [1.807, 2.05) is 6.08 Å². The van der Waals surface area contributed by atoms with Gasteiger partial charge in [0.1, 0.15) is 5.69 Å². The molecule has 0 unspecified atom stereocenters. The highest BCUT2D eigenvalue weighted by molar-refractivity contribution is 7.07. The Labute approximate surface area is 146 Å². The van der Waals surface area contributed by atoms with E-state index in [2.05, 4.69) is 43.3 Å². The molecule has 1 aliphatic heterocycles. The molecule has 24 heavy (non-hydrogen) atoms. The highest BCUT2D eigenvalue weighted by Crippen LogP contribution is 2.34. The van der Waals surface area contributed by atoms with Gasteiger partial charge < -0.3 is 4.74 Å². The Hall–Kier alpha value is -1.50. The van der Waals surface area contributed by atoms with Gasteiger partial charge in [0.15, 0.2) is 0 Å². The first-order valence-corrected chi connectivity index (χ1v) is 9.62. The topological polar surface area (TPSA) is 43.2 Å². The Balaban J connectivity index is 1.52. The third-order valence-electron chi connectivity index (χ3n) is 4.75. The van der Waals surface area contributed by atoms with Crippen LogP contribution < -0.4 is 0 Å². The van der Waals surface area contributed by atoms with Crippen LogP contribution in [0.5, 0.6) is 0 Å². The SMILES string of the molecule is C=CCOC[C@H]1CN(Cc2ccsc2)Cc2nnn(CC3CC3)c21. The van der Waals surface area contributed by atoms with Gasteiger partial charge in [-0.2, -0.15) is 11.3 Å². The minimum absolute atomic E-state index is 0.334. The third-order valence-corrected chi connectivity index (χ3v) is 5.49. The summed E-state index contributed by atoms with van der Waals surface area (Å²) in [5, 5.41) is 13.3. The number of hydrogen-bond donors (Lipinski definition) is 0. The average molecular weight is 344 g/mol. The summed E-state index contributed by atoms with van der Waals surface area (Å²) in [5.74, 6) is 1.13. The fourth-order valence-corrected chi connectivity index (χ4v) is 4.12. The van der Waals surface area contributed by atoms with Crippen LogP contribution in [0.4, 0.5) is 0 Å². The number of hydrogen-bond acceptors (Lipinski definition) is 5. The molecule has 0 spiro atoms. The molecule has 0 bridgehead atoms. The van der Waals surface area contributed by atoms with E-state index in [1.54, 1.807) is 11.3 Å². The van der Waals surface area contributed by atoms with Crippen LogP contribution >= 0.6 is 11.3 Å². The molecule has 3 heterocycles. The molecule has 2 aromatic rings. The number of ether oxygens (including phenoxy) is 1. The van der Waals surface area contributed by atoms with Crippen LogP contribution in [-0.2, 0) is 24.4 Å². The van der Waals surface area contributed by atoms with Crippen LogP contribution in [0.25, 0.3) is 0 Å². The van der Waals surface area contributed by atoms with Crippen LogP contribution in [0.2, 0.25) is 0 Å². The molecule has 0 radical (unpaired) electrons. The number of thiophene rings is 1. The maximum Gasteiger partial charge on any atom is 0.100 e. The molecule has 5 nitrogen and oxygen atoms in total. The van der Waals surface area contributed by atoms with E-state index in [-0.39, 0.29) is 0 Å². The standard InChI is InChI=1S/C18H24N4OS/c1-2-6-23-12-16-10-21(8-15-5-7-24-13-15)11-17-18(16)22(20-19-17)9-14-3-4-14/h2,5,7,13-14,16H,1,3-4,6,8-12H2/t16-/m1/s1. The van der Waals surface area contributed by atoms with Gasteiger partial charge in [-0.3, -0.25) is 4.90 Å². The Kier molecular flexibility index (Phi) is 4.78. The molecule has 0 amide bonds. The Morgan fingerprint density at radius 1 is 1.42 bits per heavy atom. The normalized spacial score (nSPS) is 20.9. The van der Waals surface area contributed by atoms with Crippen molar-refractivity contribution in [1.82, 2.24) is 19.9 Å². The maximum absolute atomic E-state index is 5.80. The summed E-state index contributed by atoms with van der Waals surface area (Å²) >= 11 is 1.75. The van der Waals surface area contributed by atoms with Crippen molar-refractivity contribution in [3.05, 3.63) is 46.4 Å². The summed E-state index contributed by atoms with van der Waals surface area (Å²) in [6, 6.07) is 2.20. The molecule has 1 saturated carbocycles. The van der Waals surface area contributed by atoms with Gasteiger partial charge in [-0.1, -0.05) is 11.3 Å². The molecule has 1 fully saturated rings. The fourth-order valence-electron chi connectivity index (χ4n) is 3.46. The van der Waals surface area contributed by atoms with Crippen molar-refractivity contribution in [2.24, 2.45) is 5.92 Å². The van der Waals surface area contributed by atoms with Gasteiger partial charge in [0.2, 0.25) is 0 Å². The lowest BCUT2D eigenvalue weighted by molar-refractivity contribution is 0.111. The summed E-state index contributed by atoms with van der Waals surface area (Å²) in [7, 11) is 0. The third kappa shape index (κ3) is 3.61. The van der Waals surface area contributed by atoms with Crippen LogP contribution in [-0.4, -0.2) is 39.7 Å². The van der Waals surface area contributed by atoms with Crippen molar-refractivity contribution >= 4 is 11.3 Å². The van der Waals surface area contributed by atoms with Crippen LogP contribution in [0.1, 0.15) is 35.7 Å². The highest BCUT2D eigenvalue weighted by atomic mass is 32.1. The molecule has 6 heteroatoms. The average Bonchev–Trinajstić information content (AvgIpc) is 3.07. The van der Waals surface area contributed by atoms with Crippen LogP contribution in [0.15, 0.2) is 29.5 Å². The van der Waals surface area contributed by atoms with Crippen molar-refractivity contribution in [3.8, 4) is 0 Å². The van der Waals surface area contributed by atoms with Crippen molar-refractivity contribution in [3.63, 3.8) is 0 Å². The lowest BCUT2D eigenvalue weighted by Gasteiger charge is -2.32. The molecule has 0 saturated heterocycles. The molecule has 4 rings (SSSR count). The second kappa shape index (κ2) is 7.17. The summed E-state index contributed by atoms with van der Waals surface area (Å²) < 4.78 is 7.95. The van der Waals surface area contributed by atoms with Gasteiger partial charge in [-0.05, 0) is 41.1 Å².